The van der Waals surface area contributed by atoms with E-state index in [1.165, 1.54) is 6.07 Å². The molecule has 0 N–H and O–H groups in total. The lowest BCUT2D eigenvalue weighted by Gasteiger charge is -2.07. The van der Waals surface area contributed by atoms with Crippen molar-refractivity contribution in [1.29, 1.82) is 0 Å². The Kier molecular flexibility index (Phi) is 3.24. The first-order valence-corrected chi connectivity index (χ1v) is 5.56. The van der Waals surface area contributed by atoms with Crippen LogP contribution in [0.2, 0.25) is 0 Å². The van der Waals surface area contributed by atoms with Crippen LogP contribution in [0.1, 0.15) is 27.0 Å². The maximum absolute atomic E-state index is 13.5. The highest BCUT2D eigenvalue weighted by atomic mass is 19.1. The summed E-state index contributed by atoms with van der Waals surface area (Å²) < 4.78 is 26.3. The van der Waals surface area contributed by atoms with E-state index in [0.29, 0.717) is 5.56 Å². The molecule has 0 saturated carbocycles. The Morgan fingerprint density at radius 1 is 0.944 bits per heavy atom. The normalized spacial score (nSPS) is 10.4. The molecule has 1 nitrogen and oxygen atoms in total. The summed E-state index contributed by atoms with van der Waals surface area (Å²) in [4.78, 5) is 12.1. The Bertz CT molecular complexity index is 564. The molecule has 0 aliphatic heterocycles. The van der Waals surface area contributed by atoms with Gasteiger partial charge in [-0.1, -0.05) is 23.8 Å². The van der Waals surface area contributed by atoms with Gasteiger partial charge in [-0.05, 0) is 31.5 Å². The van der Waals surface area contributed by atoms with Crippen LogP contribution in [-0.4, -0.2) is 5.78 Å². The van der Waals surface area contributed by atoms with Crippen molar-refractivity contribution < 1.29 is 13.6 Å². The summed E-state index contributed by atoms with van der Waals surface area (Å²) in [6.45, 7) is 3.71. The number of carbonyl (C=O) groups is 1. The monoisotopic (exact) mass is 246 g/mol. The molecule has 0 aromatic heterocycles. The summed E-state index contributed by atoms with van der Waals surface area (Å²) in [7, 11) is 0. The first-order valence-electron chi connectivity index (χ1n) is 5.56. The summed E-state index contributed by atoms with van der Waals surface area (Å²) in [6, 6.07) is 8.29. The molecule has 0 atom stereocenters. The standard InChI is InChI=1S/C15H12F2O/c1-9-3-5-12(10(2)7-9)15(18)13-6-4-11(16)8-14(13)17/h3-8H,1-2H3. The fourth-order valence-electron chi connectivity index (χ4n) is 1.89. The second-order valence-electron chi connectivity index (χ2n) is 4.27. The van der Waals surface area contributed by atoms with Crippen molar-refractivity contribution in [1.82, 2.24) is 0 Å². The van der Waals surface area contributed by atoms with Gasteiger partial charge in [-0.25, -0.2) is 8.78 Å². The average Bonchev–Trinajstić information content (AvgIpc) is 2.28. The SMILES string of the molecule is Cc1ccc(C(=O)c2ccc(F)cc2F)c(C)c1. The van der Waals surface area contributed by atoms with Gasteiger partial charge in [0.15, 0.2) is 5.78 Å². The van der Waals surface area contributed by atoms with Gasteiger partial charge in [0.25, 0.3) is 0 Å². The largest absolute Gasteiger partial charge is 0.288 e. The van der Waals surface area contributed by atoms with Gasteiger partial charge < -0.3 is 0 Å². The van der Waals surface area contributed by atoms with Gasteiger partial charge in [0.05, 0.1) is 5.56 Å². The minimum absolute atomic E-state index is 0.108. The van der Waals surface area contributed by atoms with Crippen LogP contribution in [0.4, 0.5) is 8.78 Å². The first-order chi connectivity index (χ1) is 8.49. The van der Waals surface area contributed by atoms with Crippen molar-refractivity contribution in [3.05, 3.63) is 70.3 Å². The summed E-state index contributed by atoms with van der Waals surface area (Å²) in [5, 5.41) is 0. The van der Waals surface area contributed by atoms with Crippen LogP contribution in [-0.2, 0) is 0 Å². The van der Waals surface area contributed by atoms with Crippen LogP contribution in [0.25, 0.3) is 0 Å². The van der Waals surface area contributed by atoms with Crippen molar-refractivity contribution in [2.75, 3.05) is 0 Å². The van der Waals surface area contributed by atoms with Crippen LogP contribution in [0, 0.1) is 25.5 Å². The fraction of sp³-hybridized carbons (Fsp3) is 0.133. The lowest BCUT2D eigenvalue weighted by atomic mass is 9.97. The molecule has 0 bridgehead atoms. The molecule has 2 aromatic carbocycles. The highest BCUT2D eigenvalue weighted by molar-refractivity contribution is 6.10. The Morgan fingerprint density at radius 3 is 2.22 bits per heavy atom. The molecule has 0 heterocycles. The number of hydrogen-bond acceptors (Lipinski definition) is 1. The quantitative estimate of drug-likeness (QED) is 0.736. The third-order valence-electron chi connectivity index (χ3n) is 2.80. The molecule has 3 heteroatoms. The molecule has 0 fully saturated rings. The number of ketones is 1. The van der Waals surface area contributed by atoms with Crippen molar-refractivity contribution in [3.63, 3.8) is 0 Å². The van der Waals surface area contributed by atoms with Gasteiger partial charge in [-0.15, -0.1) is 0 Å². The Morgan fingerprint density at radius 2 is 1.61 bits per heavy atom. The van der Waals surface area contributed by atoms with Gasteiger partial charge in [0, 0.05) is 11.6 Å². The van der Waals surface area contributed by atoms with E-state index in [0.717, 1.165) is 23.3 Å². The lowest BCUT2D eigenvalue weighted by Crippen LogP contribution is -2.06. The third-order valence-corrected chi connectivity index (χ3v) is 2.80. The average molecular weight is 246 g/mol. The maximum atomic E-state index is 13.5. The second kappa shape index (κ2) is 4.69. The van der Waals surface area contributed by atoms with Crippen LogP contribution in [0.5, 0.6) is 0 Å². The number of rotatable bonds is 2. The van der Waals surface area contributed by atoms with Gasteiger partial charge in [-0.3, -0.25) is 4.79 Å². The van der Waals surface area contributed by atoms with E-state index in [1.807, 2.05) is 13.0 Å². The van der Waals surface area contributed by atoms with Gasteiger partial charge in [0.2, 0.25) is 0 Å². The number of benzene rings is 2. The van der Waals surface area contributed by atoms with Crippen molar-refractivity contribution >= 4 is 5.78 Å². The van der Waals surface area contributed by atoms with Crippen molar-refractivity contribution in [2.45, 2.75) is 13.8 Å². The molecule has 18 heavy (non-hydrogen) atoms. The van der Waals surface area contributed by atoms with Crippen LogP contribution in [0.15, 0.2) is 36.4 Å². The van der Waals surface area contributed by atoms with E-state index in [2.05, 4.69) is 0 Å². The highest BCUT2D eigenvalue weighted by Gasteiger charge is 2.16. The van der Waals surface area contributed by atoms with E-state index >= 15 is 0 Å². The molecular weight excluding hydrogens is 234 g/mol. The molecule has 0 aliphatic carbocycles. The summed E-state index contributed by atoms with van der Waals surface area (Å²) >= 11 is 0. The predicted octanol–water partition coefficient (Wildman–Crippen LogP) is 3.81. The number of carbonyl (C=O) groups excluding carboxylic acids is 1. The number of halogens is 2. The lowest BCUT2D eigenvalue weighted by molar-refractivity contribution is 0.103. The third kappa shape index (κ3) is 2.30. The Balaban J connectivity index is 2.48. The molecule has 0 amide bonds. The Hall–Kier alpha value is -2.03. The molecule has 2 rings (SSSR count). The summed E-state index contributed by atoms with van der Waals surface area (Å²) in [5.74, 6) is -1.95. The smallest absolute Gasteiger partial charge is 0.196 e. The van der Waals surface area contributed by atoms with E-state index in [1.54, 1.807) is 19.1 Å². The van der Waals surface area contributed by atoms with E-state index in [-0.39, 0.29) is 5.56 Å². The number of hydrogen-bond donors (Lipinski definition) is 0. The molecular formula is C15H12F2O. The van der Waals surface area contributed by atoms with Crippen LogP contribution >= 0.6 is 0 Å². The minimum atomic E-state index is -0.833. The van der Waals surface area contributed by atoms with E-state index in [9.17, 15) is 13.6 Å². The van der Waals surface area contributed by atoms with Gasteiger partial charge in [0.1, 0.15) is 11.6 Å². The van der Waals surface area contributed by atoms with Gasteiger partial charge >= 0.3 is 0 Å². The van der Waals surface area contributed by atoms with Gasteiger partial charge in [-0.2, -0.15) is 0 Å². The highest BCUT2D eigenvalue weighted by Crippen LogP contribution is 2.18. The van der Waals surface area contributed by atoms with Crippen LogP contribution < -0.4 is 0 Å². The number of aryl methyl sites for hydroxylation is 2. The molecule has 0 aliphatic rings. The summed E-state index contributed by atoms with van der Waals surface area (Å²) in [6.07, 6.45) is 0. The molecule has 2 aromatic rings. The topological polar surface area (TPSA) is 17.1 Å². The Labute approximate surface area is 104 Å². The van der Waals surface area contributed by atoms with E-state index in [4.69, 9.17) is 0 Å². The zero-order valence-electron chi connectivity index (χ0n) is 10.1. The zero-order chi connectivity index (χ0) is 13.3. The molecule has 0 unspecified atom stereocenters. The molecule has 92 valence electrons. The predicted molar refractivity (Wildman–Crippen MR) is 65.7 cm³/mol. The van der Waals surface area contributed by atoms with E-state index < -0.39 is 17.4 Å². The summed E-state index contributed by atoms with van der Waals surface area (Å²) in [5.41, 5.74) is 2.14. The maximum Gasteiger partial charge on any atom is 0.196 e. The molecule has 0 saturated heterocycles. The zero-order valence-corrected chi connectivity index (χ0v) is 10.1. The molecule has 0 radical (unpaired) electrons. The van der Waals surface area contributed by atoms with Crippen molar-refractivity contribution in [3.8, 4) is 0 Å². The van der Waals surface area contributed by atoms with Crippen molar-refractivity contribution in [2.24, 2.45) is 0 Å². The van der Waals surface area contributed by atoms with Crippen LogP contribution in [0.3, 0.4) is 0 Å². The second-order valence-corrected chi connectivity index (χ2v) is 4.27. The first kappa shape index (κ1) is 12.4. The molecule has 0 spiro atoms. The fourth-order valence-corrected chi connectivity index (χ4v) is 1.89. The minimum Gasteiger partial charge on any atom is -0.288 e.